The molecule has 126 valence electrons. The van der Waals surface area contributed by atoms with Crippen molar-refractivity contribution >= 4 is 28.9 Å². The van der Waals surface area contributed by atoms with Gasteiger partial charge >= 0.3 is 0 Å². The first-order chi connectivity index (χ1) is 12.0. The van der Waals surface area contributed by atoms with Crippen LogP contribution >= 0.6 is 0 Å². The molecule has 6 nitrogen and oxygen atoms in total. The molecule has 0 saturated heterocycles. The summed E-state index contributed by atoms with van der Waals surface area (Å²) in [6.07, 6.45) is 1.11. The van der Waals surface area contributed by atoms with Crippen LogP contribution in [0.1, 0.15) is 6.92 Å². The second kappa shape index (κ2) is 6.96. The third-order valence-electron chi connectivity index (χ3n) is 3.37. The SMILES string of the molecule is CC(=O)Nc1ccc(-c2nc(Nc3cccc(N)c3)ncc2F)cc1. The Hall–Kier alpha value is -3.48. The number of nitrogens with one attached hydrogen (secondary N) is 2. The maximum absolute atomic E-state index is 14.1. The molecule has 3 rings (SSSR count). The van der Waals surface area contributed by atoms with Crippen LogP contribution in [0.3, 0.4) is 0 Å². The summed E-state index contributed by atoms with van der Waals surface area (Å²) in [6, 6.07) is 13.8. The van der Waals surface area contributed by atoms with Crippen molar-refractivity contribution in [3.63, 3.8) is 0 Å². The van der Waals surface area contributed by atoms with E-state index in [9.17, 15) is 9.18 Å². The fraction of sp³-hybridized carbons (Fsp3) is 0.0556. The first-order valence-electron chi connectivity index (χ1n) is 7.54. The molecule has 0 radical (unpaired) electrons. The summed E-state index contributed by atoms with van der Waals surface area (Å²) in [5, 5.41) is 5.65. The van der Waals surface area contributed by atoms with Gasteiger partial charge in [0, 0.05) is 29.5 Å². The van der Waals surface area contributed by atoms with Crippen molar-refractivity contribution in [2.75, 3.05) is 16.4 Å². The quantitative estimate of drug-likeness (QED) is 0.633. The lowest BCUT2D eigenvalue weighted by Gasteiger charge is -2.09. The van der Waals surface area contributed by atoms with E-state index in [-0.39, 0.29) is 17.5 Å². The Morgan fingerprint density at radius 3 is 2.56 bits per heavy atom. The Bertz CT molecular complexity index is 912. The smallest absolute Gasteiger partial charge is 0.227 e. The zero-order valence-electron chi connectivity index (χ0n) is 13.5. The number of amides is 1. The van der Waals surface area contributed by atoms with Crippen LogP contribution in [-0.2, 0) is 4.79 Å². The lowest BCUT2D eigenvalue weighted by atomic mass is 10.1. The summed E-state index contributed by atoms with van der Waals surface area (Å²) < 4.78 is 14.1. The zero-order valence-corrected chi connectivity index (χ0v) is 13.5. The van der Waals surface area contributed by atoms with Gasteiger partial charge in [-0.05, 0) is 30.3 Å². The van der Waals surface area contributed by atoms with E-state index in [2.05, 4.69) is 20.6 Å². The molecule has 1 heterocycles. The second-order valence-corrected chi connectivity index (χ2v) is 5.40. The van der Waals surface area contributed by atoms with Crippen LogP contribution in [0.5, 0.6) is 0 Å². The summed E-state index contributed by atoms with van der Waals surface area (Å²) in [6.45, 7) is 1.42. The highest BCUT2D eigenvalue weighted by molar-refractivity contribution is 5.88. The molecule has 0 unspecified atom stereocenters. The molecule has 0 spiro atoms. The number of benzene rings is 2. The monoisotopic (exact) mass is 337 g/mol. The van der Waals surface area contributed by atoms with E-state index in [1.165, 1.54) is 6.92 Å². The number of nitrogens with zero attached hydrogens (tertiary/aromatic N) is 2. The number of carbonyl (C=O) groups excluding carboxylic acids is 1. The Balaban J connectivity index is 1.87. The maximum atomic E-state index is 14.1. The first kappa shape index (κ1) is 16.4. The topological polar surface area (TPSA) is 92.9 Å². The molecular weight excluding hydrogens is 321 g/mol. The third kappa shape index (κ3) is 4.08. The van der Waals surface area contributed by atoms with Crippen LogP contribution in [-0.4, -0.2) is 15.9 Å². The van der Waals surface area contributed by atoms with Gasteiger partial charge in [0.15, 0.2) is 5.82 Å². The van der Waals surface area contributed by atoms with Gasteiger partial charge in [-0.1, -0.05) is 18.2 Å². The predicted octanol–water partition coefficient (Wildman–Crippen LogP) is 3.57. The highest BCUT2D eigenvalue weighted by Gasteiger charge is 2.10. The van der Waals surface area contributed by atoms with Crippen molar-refractivity contribution < 1.29 is 9.18 Å². The van der Waals surface area contributed by atoms with E-state index in [1.54, 1.807) is 42.5 Å². The average molecular weight is 337 g/mol. The van der Waals surface area contributed by atoms with Crippen LogP contribution in [0, 0.1) is 5.82 Å². The molecule has 25 heavy (non-hydrogen) atoms. The van der Waals surface area contributed by atoms with E-state index in [1.807, 2.05) is 6.07 Å². The third-order valence-corrected chi connectivity index (χ3v) is 3.37. The molecule has 0 bridgehead atoms. The number of hydrogen-bond acceptors (Lipinski definition) is 5. The molecule has 0 aliphatic rings. The van der Waals surface area contributed by atoms with Gasteiger partial charge in [-0.15, -0.1) is 0 Å². The van der Waals surface area contributed by atoms with Crippen molar-refractivity contribution in [2.45, 2.75) is 6.92 Å². The Morgan fingerprint density at radius 1 is 1.12 bits per heavy atom. The molecule has 3 aromatic rings. The molecular formula is C18H16FN5O. The minimum absolute atomic E-state index is 0.163. The van der Waals surface area contributed by atoms with Crippen molar-refractivity contribution in [1.82, 2.24) is 9.97 Å². The summed E-state index contributed by atoms with van der Waals surface area (Å²) >= 11 is 0. The van der Waals surface area contributed by atoms with E-state index >= 15 is 0 Å². The highest BCUT2D eigenvalue weighted by Crippen LogP contribution is 2.24. The molecule has 0 fully saturated rings. The normalized spacial score (nSPS) is 10.3. The number of halogens is 1. The number of rotatable bonds is 4. The van der Waals surface area contributed by atoms with E-state index < -0.39 is 5.82 Å². The van der Waals surface area contributed by atoms with Gasteiger partial charge in [-0.25, -0.2) is 14.4 Å². The van der Waals surface area contributed by atoms with Gasteiger partial charge in [0.1, 0.15) is 5.69 Å². The lowest BCUT2D eigenvalue weighted by Crippen LogP contribution is -2.05. The van der Waals surface area contributed by atoms with Gasteiger partial charge < -0.3 is 16.4 Å². The highest BCUT2D eigenvalue weighted by atomic mass is 19.1. The van der Waals surface area contributed by atoms with Gasteiger partial charge in [-0.2, -0.15) is 0 Å². The lowest BCUT2D eigenvalue weighted by molar-refractivity contribution is -0.114. The summed E-state index contributed by atoms with van der Waals surface area (Å²) in [4.78, 5) is 19.2. The van der Waals surface area contributed by atoms with Gasteiger partial charge in [-0.3, -0.25) is 4.79 Å². The van der Waals surface area contributed by atoms with E-state index in [0.29, 0.717) is 22.6 Å². The fourth-order valence-corrected chi connectivity index (χ4v) is 2.29. The van der Waals surface area contributed by atoms with E-state index in [4.69, 9.17) is 5.73 Å². The molecule has 2 aromatic carbocycles. The molecule has 0 aliphatic heterocycles. The number of hydrogen-bond donors (Lipinski definition) is 3. The Labute approximate surface area is 143 Å². The van der Waals surface area contributed by atoms with Crippen LogP contribution in [0.4, 0.5) is 27.4 Å². The minimum atomic E-state index is -0.537. The van der Waals surface area contributed by atoms with Gasteiger partial charge in [0.05, 0.1) is 6.20 Å². The molecule has 1 amide bonds. The molecule has 0 atom stereocenters. The Morgan fingerprint density at radius 2 is 1.88 bits per heavy atom. The molecule has 1 aromatic heterocycles. The minimum Gasteiger partial charge on any atom is -0.399 e. The van der Waals surface area contributed by atoms with Crippen molar-refractivity contribution in [1.29, 1.82) is 0 Å². The number of aromatic nitrogens is 2. The molecule has 0 saturated carbocycles. The van der Waals surface area contributed by atoms with Crippen LogP contribution in [0.25, 0.3) is 11.3 Å². The number of anilines is 4. The summed E-state index contributed by atoms with van der Waals surface area (Å²) in [7, 11) is 0. The second-order valence-electron chi connectivity index (χ2n) is 5.40. The van der Waals surface area contributed by atoms with Gasteiger partial charge in [0.25, 0.3) is 0 Å². The summed E-state index contributed by atoms with van der Waals surface area (Å²) in [5.41, 5.74) is 8.41. The molecule has 7 heteroatoms. The zero-order chi connectivity index (χ0) is 17.8. The standard InChI is InChI=1S/C18H16FN5O/c1-11(25)22-14-7-5-12(6-8-14)17-16(19)10-21-18(24-17)23-15-4-2-3-13(20)9-15/h2-10H,20H2,1H3,(H,22,25)(H,21,23,24). The average Bonchev–Trinajstić information content (AvgIpc) is 2.57. The largest absolute Gasteiger partial charge is 0.399 e. The predicted molar refractivity (Wildman–Crippen MR) is 95.9 cm³/mol. The Kier molecular flexibility index (Phi) is 4.56. The maximum Gasteiger partial charge on any atom is 0.227 e. The van der Waals surface area contributed by atoms with Crippen LogP contribution in [0.15, 0.2) is 54.7 Å². The summed E-state index contributed by atoms with van der Waals surface area (Å²) in [5.74, 6) is -0.451. The number of nitrogens with two attached hydrogens (primary N) is 1. The fourth-order valence-electron chi connectivity index (χ4n) is 2.29. The van der Waals surface area contributed by atoms with E-state index in [0.717, 1.165) is 6.20 Å². The van der Waals surface area contributed by atoms with Gasteiger partial charge in [0.2, 0.25) is 11.9 Å². The van der Waals surface area contributed by atoms with Crippen molar-refractivity contribution in [2.24, 2.45) is 0 Å². The molecule has 4 N–H and O–H groups in total. The molecule has 0 aliphatic carbocycles. The van der Waals surface area contributed by atoms with Crippen LogP contribution in [0.2, 0.25) is 0 Å². The van der Waals surface area contributed by atoms with Crippen molar-refractivity contribution in [3.05, 3.63) is 60.5 Å². The number of carbonyl (C=O) groups is 1. The van der Waals surface area contributed by atoms with Crippen molar-refractivity contribution in [3.8, 4) is 11.3 Å². The van der Waals surface area contributed by atoms with Crippen LogP contribution < -0.4 is 16.4 Å². The first-order valence-corrected chi connectivity index (χ1v) is 7.54. The number of nitrogen functional groups attached to an aromatic ring is 1.